The molecule has 1 aliphatic heterocycles. The standard InChI is InChI=1S/C10H14N2S/c11-9-2-1-7(5-10(9)13)8-3-4-12-6-8/h1-2,5,8,12-13H,3-4,6,11H2. The lowest BCUT2D eigenvalue weighted by Gasteiger charge is -2.10. The van der Waals surface area contributed by atoms with E-state index in [0.29, 0.717) is 5.92 Å². The average Bonchev–Trinajstić information content (AvgIpc) is 2.62. The Balaban J connectivity index is 2.25. The Kier molecular flexibility index (Phi) is 2.47. The zero-order chi connectivity index (χ0) is 9.26. The van der Waals surface area contributed by atoms with Gasteiger partial charge in [-0.1, -0.05) is 6.07 Å². The van der Waals surface area contributed by atoms with Crippen LogP contribution in [0.1, 0.15) is 17.9 Å². The van der Waals surface area contributed by atoms with E-state index in [-0.39, 0.29) is 0 Å². The lowest BCUT2D eigenvalue weighted by Crippen LogP contribution is -2.08. The molecule has 70 valence electrons. The summed E-state index contributed by atoms with van der Waals surface area (Å²) < 4.78 is 0. The predicted molar refractivity (Wildman–Crippen MR) is 58.3 cm³/mol. The number of nitrogens with two attached hydrogens (primary N) is 1. The molecule has 13 heavy (non-hydrogen) atoms. The predicted octanol–water partition coefficient (Wildman–Crippen LogP) is 1.63. The summed E-state index contributed by atoms with van der Waals surface area (Å²) in [6, 6.07) is 6.12. The molecular formula is C10H14N2S. The van der Waals surface area contributed by atoms with E-state index in [1.165, 1.54) is 12.0 Å². The highest BCUT2D eigenvalue weighted by Crippen LogP contribution is 2.26. The normalized spacial score (nSPS) is 22.1. The number of benzene rings is 1. The van der Waals surface area contributed by atoms with Crippen LogP contribution < -0.4 is 11.1 Å². The summed E-state index contributed by atoms with van der Waals surface area (Å²) >= 11 is 4.31. The fourth-order valence-electron chi connectivity index (χ4n) is 1.75. The van der Waals surface area contributed by atoms with Gasteiger partial charge in [-0.05, 0) is 36.6 Å². The molecule has 2 rings (SSSR count). The average molecular weight is 194 g/mol. The Hall–Kier alpha value is -0.670. The molecule has 1 unspecified atom stereocenters. The maximum absolute atomic E-state index is 5.70. The summed E-state index contributed by atoms with van der Waals surface area (Å²) in [5.74, 6) is 0.645. The first-order valence-corrected chi connectivity index (χ1v) is 5.01. The van der Waals surface area contributed by atoms with Crippen molar-refractivity contribution in [2.24, 2.45) is 0 Å². The molecule has 0 aliphatic carbocycles. The van der Waals surface area contributed by atoms with Crippen molar-refractivity contribution in [3.8, 4) is 0 Å². The van der Waals surface area contributed by atoms with Gasteiger partial charge in [-0.15, -0.1) is 12.6 Å². The monoisotopic (exact) mass is 194 g/mol. The minimum Gasteiger partial charge on any atom is -0.398 e. The number of hydrogen-bond donors (Lipinski definition) is 3. The molecule has 1 aromatic carbocycles. The SMILES string of the molecule is Nc1ccc(C2CCNC2)cc1S. The second-order valence-electron chi connectivity index (χ2n) is 3.51. The molecule has 1 aromatic rings. The fraction of sp³-hybridized carbons (Fsp3) is 0.400. The van der Waals surface area contributed by atoms with Gasteiger partial charge in [0.15, 0.2) is 0 Å². The van der Waals surface area contributed by atoms with Crippen LogP contribution in [0.3, 0.4) is 0 Å². The number of anilines is 1. The van der Waals surface area contributed by atoms with Crippen LogP contribution in [0.4, 0.5) is 5.69 Å². The first kappa shape index (κ1) is 8.91. The maximum Gasteiger partial charge on any atom is 0.0449 e. The molecule has 1 atom stereocenters. The van der Waals surface area contributed by atoms with E-state index in [0.717, 1.165) is 23.7 Å². The second kappa shape index (κ2) is 3.60. The Morgan fingerprint density at radius 2 is 2.31 bits per heavy atom. The van der Waals surface area contributed by atoms with E-state index < -0.39 is 0 Å². The first-order valence-electron chi connectivity index (χ1n) is 4.56. The number of thiol groups is 1. The van der Waals surface area contributed by atoms with Crippen molar-refractivity contribution in [1.29, 1.82) is 0 Å². The molecule has 3 N–H and O–H groups in total. The van der Waals surface area contributed by atoms with E-state index in [9.17, 15) is 0 Å². The summed E-state index contributed by atoms with van der Waals surface area (Å²) in [5.41, 5.74) is 7.81. The van der Waals surface area contributed by atoms with Crippen LogP contribution in [0.25, 0.3) is 0 Å². The molecule has 0 bridgehead atoms. The van der Waals surface area contributed by atoms with E-state index in [1.807, 2.05) is 6.07 Å². The van der Waals surface area contributed by atoms with E-state index in [1.54, 1.807) is 0 Å². The molecule has 2 nitrogen and oxygen atoms in total. The Morgan fingerprint density at radius 1 is 1.46 bits per heavy atom. The minimum absolute atomic E-state index is 0.645. The molecule has 0 spiro atoms. The lowest BCUT2D eigenvalue weighted by atomic mass is 9.98. The van der Waals surface area contributed by atoms with Crippen LogP contribution in [0.5, 0.6) is 0 Å². The summed E-state index contributed by atoms with van der Waals surface area (Å²) in [7, 11) is 0. The lowest BCUT2D eigenvalue weighted by molar-refractivity contribution is 0.761. The number of nitrogen functional groups attached to an aromatic ring is 1. The van der Waals surface area contributed by atoms with Gasteiger partial charge in [-0.25, -0.2) is 0 Å². The van der Waals surface area contributed by atoms with Crippen molar-refractivity contribution >= 4 is 18.3 Å². The zero-order valence-corrected chi connectivity index (χ0v) is 8.35. The van der Waals surface area contributed by atoms with Gasteiger partial charge >= 0.3 is 0 Å². The third-order valence-electron chi connectivity index (χ3n) is 2.59. The molecule has 1 aliphatic rings. The quantitative estimate of drug-likeness (QED) is 0.469. The fourth-order valence-corrected chi connectivity index (χ4v) is 1.98. The minimum atomic E-state index is 0.645. The highest BCUT2D eigenvalue weighted by Gasteiger charge is 2.16. The van der Waals surface area contributed by atoms with Gasteiger partial charge in [0, 0.05) is 17.1 Å². The summed E-state index contributed by atoms with van der Waals surface area (Å²) in [4.78, 5) is 0.893. The zero-order valence-electron chi connectivity index (χ0n) is 7.46. The van der Waals surface area contributed by atoms with Gasteiger partial charge in [0.1, 0.15) is 0 Å². The molecule has 1 fully saturated rings. The number of hydrogen-bond acceptors (Lipinski definition) is 3. The highest BCUT2D eigenvalue weighted by molar-refractivity contribution is 7.80. The van der Waals surface area contributed by atoms with Crippen LogP contribution >= 0.6 is 12.6 Å². The van der Waals surface area contributed by atoms with Crippen LogP contribution in [-0.2, 0) is 0 Å². The summed E-state index contributed by atoms with van der Waals surface area (Å²) in [6.45, 7) is 2.20. The van der Waals surface area contributed by atoms with Crippen molar-refractivity contribution in [2.45, 2.75) is 17.2 Å². The van der Waals surface area contributed by atoms with Gasteiger partial charge < -0.3 is 11.1 Å². The van der Waals surface area contributed by atoms with E-state index in [4.69, 9.17) is 5.73 Å². The largest absolute Gasteiger partial charge is 0.398 e. The van der Waals surface area contributed by atoms with Crippen LogP contribution in [0.15, 0.2) is 23.1 Å². The van der Waals surface area contributed by atoms with Crippen LogP contribution in [-0.4, -0.2) is 13.1 Å². The Morgan fingerprint density at radius 3 is 2.92 bits per heavy atom. The molecular weight excluding hydrogens is 180 g/mol. The van der Waals surface area contributed by atoms with Crippen molar-refractivity contribution in [3.63, 3.8) is 0 Å². The maximum atomic E-state index is 5.70. The molecule has 1 saturated heterocycles. The van der Waals surface area contributed by atoms with Gasteiger partial charge in [0.05, 0.1) is 0 Å². The molecule has 0 radical (unpaired) electrons. The molecule has 3 heteroatoms. The molecule has 0 amide bonds. The topological polar surface area (TPSA) is 38.0 Å². The van der Waals surface area contributed by atoms with Crippen molar-refractivity contribution < 1.29 is 0 Å². The Bertz CT molecular complexity index is 306. The molecule has 0 aromatic heterocycles. The van der Waals surface area contributed by atoms with Crippen molar-refractivity contribution in [2.75, 3.05) is 18.8 Å². The Labute approximate surface area is 83.9 Å². The van der Waals surface area contributed by atoms with Crippen molar-refractivity contribution in [3.05, 3.63) is 23.8 Å². The van der Waals surface area contributed by atoms with Gasteiger partial charge in [-0.3, -0.25) is 0 Å². The van der Waals surface area contributed by atoms with Crippen LogP contribution in [0.2, 0.25) is 0 Å². The third-order valence-corrected chi connectivity index (χ3v) is 2.97. The molecule has 1 heterocycles. The van der Waals surface area contributed by atoms with Crippen molar-refractivity contribution in [1.82, 2.24) is 5.32 Å². The third kappa shape index (κ3) is 1.81. The van der Waals surface area contributed by atoms with Crippen LogP contribution in [0, 0.1) is 0 Å². The number of rotatable bonds is 1. The van der Waals surface area contributed by atoms with Gasteiger partial charge in [0.25, 0.3) is 0 Å². The van der Waals surface area contributed by atoms with Gasteiger partial charge in [0.2, 0.25) is 0 Å². The summed E-state index contributed by atoms with van der Waals surface area (Å²) in [5, 5.41) is 3.35. The van der Waals surface area contributed by atoms with E-state index >= 15 is 0 Å². The van der Waals surface area contributed by atoms with E-state index in [2.05, 4.69) is 30.1 Å². The molecule has 0 saturated carbocycles. The number of nitrogens with one attached hydrogen (secondary N) is 1. The van der Waals surface area contributed by atoms with Gasteiger partial charge in [-0.2, -0.15) is 0 Å². The summed E-state index contributed by atoms with van der Waals surface area (Å²) in [6.07, 6.45) is 1.22. The first-order chi connectivity index (χ1) is 6.27. The second-order valence-corrected chi connectivity index (χ2v) is 3.99. The smallest absolute Gasteiger partial charge is 0.0449 e. The highest BCUT2D eigenvalue weighted by atomic mass is 32.1.